The number of carbonyl (C=O) groups excluding carboxylic acids is 1. The minimum atomic E-state index is -0.294. The number of guanidine groups is 1. The number of carbonyl (C=O) groups is 1. The second kappa shape index (κ2) is 10.5. The molecule has 32 heavy (non-hydrogen) atoms. The summed E-state index contributed by atoms with van der Waals surface area (Å²) in [6, 6.07) is 22.1. The fourth-order valence-corrected chi connectivity index (χ4v) is 3.52. The van der Waals surface area contributed by atoms with Crippen molar-refractivity contribution in [2.75, 3.05) is 24.6 Å². The molecule has 1 atom stereocenters. The number of hydrogen-bond acceptors (Lipinski definition) is 4. The highest BCUT2D eigenvalue weighted by Gasteiger charge is 2.23. The first-order valence-electron chi connectivity index (χ1n) is 10.8. The quantitative estimate of drug-likeness (QED) is 0.410. The van der Waals surface area contributed by atoms with Gasteiger partial charge in [0.1, 0.15) is 12.4 Å². The van der Waals surface area contributed by atoms with E-state index in [-0.39, 0.29) is 12.1 Å². The molecule has 0 aliphatic carbocycles. The number of cyclic esters (lactones) is 1. The molecule has 1 saturated heterocycles. The number of ether oxygens (including phenoxy) is 1. The largest absolute Gasteiger partial charge is 0.469 e. The smallest absolute Gasteiger partial charge is 0.414 e. The summed E-state index contributed by atoms with van der Waals surface area (Å²) in [6.07, 6.45) is 2.16. The van der Waals surface area contributed by atoms with Crippen molar-refractivity contribution >= 4 is 17.7 Å². The van der Waals surface area contributed by atoms with Crippen molar-refractivity contribution < 1.29 is 13.9 Å². The molecular weight excluding hydrogens is 404 g/mol. The van der Waals surface area contributed by atoms with Crippen LogP contribution in [0.3, 0.4) is 0 Å². The normalized spacial score (nSPS) is 14.8. The first-order valence-corrected chi connectivity index (χ1v) is 10.8. The van der Waals surface area contributed by atoms with Gasteiger partial charge in [0.05, 0.1) is 25.4 Å². The predicted octanol–water partition coefficient (Wildman–Crippen LogP) is 4.28. The summed E-state index contributed by atoms with van der Waals surface area (Å²) in [5, 5.41) is 6.88. The number of benzene rings is 2. The first kappa shape index (κ1) is 21.5. The van der Waals surface area contributed by atoms with E-state index in [9.17, 15) is 4.79 Å². The van der Waals surface area contributed by atoms with Crippen LogP contribution < -0.4 is 15.5 Å². The van der Waals surface area contributed by atoms with E-state index in [0.29, 0.717) is 26.2 Å². The first-order chi connectivity index (χ1) is 15.7. The molecule has 7 nitrogen and oxygen atoms in total. The molecule has 2 aromatic carbocycles. The van der Waals surface area contributed by atoms with E-state index in [1.807, 2.05) is 54.6 Å². The third-order valence-electron chi connectivity index (χ3n) is 5.33. The SMILES string of the molecule is CC(NC(=NCc1ccc(N2CCOC2=O)cc1)NCCc1ccco1)c1ccccc1. The molecule has 3 aromatic rings. The molecule has 0 bridgehead atoms. The Morgan fingerprint density at radius 3 is 2.59 bits per heavy atom. The zero-order valence-electron chi connectivity index (χ0n) is 18.2. The van der Waals surface area contributed by atoms with Gasteiger partial charge in [0, 0.05) is 18.7 Å². The van der Waals surface area contributed by atoms with Crippen molar-refractivity contribution in [1.82, 2.24) is 10.6 Å². The number of furan rings is 1. The van der Waals surface area contributed by atoms with Crippen LogP contribution in [0.1, 0.15) is 29.9 Å². The van der Waals surface area contributed by atoms with Crippen LogP contribution in [0.2, 0.25) is 0 Å². The van der Waals surface area contributed by atoms with Gasteiger partial charge in [0.2, 0.25) is 0 Å². The van der Waals surface area contributed by atoms with Gasteiger partial charge < -0.3 is 19.8 Å². The molecule has 0 radical (unpaired) electrons. The van der Waals surface area contributed by atoms with Crippen molar-refractivity contribution in [1.29, 1.82) is 0 Å². The van der Waals surface area contributed by atoms with Gasteiger partial charge >= 0.3 is 6.09 Å². The number of aliphatic imine (C=N–C) groups is 1. The van der Waals surface area contributed by atoms with Crippen LogP contribution in [0.4, 0.5) is 10.5 Å². The highest BCUT2D eigenvalue weighted by atomic mass is 16.6. The second-order valence-corrected chi connectivity index (χ2v) is 7.63. The van der Waals surface area contributed by atoms with Gasteiger partial charge in [-0.3, -0.25) is 4.90 Å². The van der Waals surface area contributed by atoms with Gasteiger partial charge in [-0.25, -0.2) is 9.79 Å². The summed E-state index contributed by atoms with van der Waals surface area (Å²) in [5.74, 6) is 1.67. The van der Waals surface area contributed by atoms with Crippen molar-refractivity contribution in [3.05, 3.63) is 89.9 Å². The zero-order valence-corrected chi connectivity index (χ0v) is 18.2. The Labute approximate surface area is 188 Å². The highest BCUT2D eigenvalue weighted by Crippen LogP contribution is 2.19. The van der Waals surface area contributed by atoms with Gasteiger partial charge in [0.25, 0.3) is 0 Å². The summed E-state index contributed by atoms with van der Waals surface area (Å²) < 4.78 is 10.4. The lowest BCUT2D eigenvalue weighted by Gasteiger charge is -2.19. The third-order valence-corrected chi connectivity index (χ3v) is 5.33. The maximum atomic E-state index is 11.7. The summed E-state index contributed by atoms with van der Waals surface area (Å²) in [4.78, 5) is 18.2. The van der Waals surface area contributed by atoms with Gasteiger partial charge in [-0.1, -0.05) is 42.5 Å². The number of amides is 1. The second-order valence-electron chi connectivity index (χ2n) is 7.63. The topological polar surface area (TPSA) is 79.1 Å². The summed E-state index contributed by atoms with van der Waals surface area (Å²) >= 11 is 0. The van der Waals surface area contributed by atoms with Crippen LogP contribution in [0.5, 0.6) is 0 Å². The molecule has 1 aromatic heterocycles. The number of hydrogen-bond donors (Lipinski definition) is 2. The minimum Gasteiger partial charge on any atom is -0.469 e. The van der Waals surface area contributed by atoms with Crippen LogP contribution >= 0.6 is 0 Å². The summed E-state index contributed by atoms with van der Waals surface area (Å²) in [6.45, 7) is 4.35. The molecular formula is C25H28N4O3. The number of rotatable bonds is 8. The molecule has 1 aliphatic heterocycles. The third kappa shape index (κ3) is 5.69. The van der Waals surface area contributed by atoms with E-state index in [1.54, 1.807) is 11.2 Å². The Morgan fingerprint density at radius 2 is 1.91 bits per heavy atom. The predicted molar refractivity (Wildman–Crippen MR) is 125 cm³/mol. The van der Waals surface area contributed by atoms with E-state index in [1.165, 1.54) is 5.56 Å². The van der Waals surface area contributed by atoms with Gasteiger partial charge in [-0.15, -0.1) is 0 Å². The van der Waals surface area contributed by atoms with E-state index in [4.69, 9.17) is 14.1 Å². The molecule has 1 aliphatic rings. The number of nitrogens with zero attached hydrogens (tertiary/aromatic N) is 2. The lowest BCUT2D eigenvalue weighted by Crippen LogP contribution is -2.39. The number of anilines is 1. The molecule has 2 heterocycles. The monoisotopic (exact) mass is 432 g/mol. The maximum Gasteiger partial charge on any atom is 0.414 e. The van der Waals surface area contributed by atoms with Crippen LogP contribution in [0.15, 0.2) is 82.4 Å². The Kier molecular flexibility index (Phi) is 7.07. The standard InChI is InChI=1S/C25H28N4O3/c1-19(21-6-3-2-4-7-21)28-24(26-14-13-23-8-5-16-31-23)27-18-20-9-11-22(12-10-20)29-15-17-32-25(29)30/h2-12,16,19H,13-15,17-18H2,1H3,(H2,26,27,28). The lowest BCUT2D eigenvalue weighted by atomic mass is 10.1. The molecule has 166 valence electrons. The molecule has 2 N–H and O–H groups in total. The fraction of sp³-hybridized carbons (Fsp3) is 0.280. The molecule has 1 fully saturated rings. The van der Waals surface area contributed by atoms with Crippen LogP contribution in [-0.2, 0) is 17.7 Å². The molecule has 4 rings (SSSR count). The van der Waals surface area contributed by atoms with E-state index in [2.05, 4.69) is 29.7 Å². The van der Waals surface area contributed by atoms with Gasteiger partial charge in [-0.05, 0) is 42.3 Å². The molecule has 0 spiro atoms. The fourth-order valence-electron chi connectivity index (χ4n) is 3.52. The summed E-state index contributed by atoms with van der Waals surface area (Å²) in [7, 11) is 0. The van der Waals surface area contributed by atoms with Crippen LogP contribution in [0, 0.1) is 0 Å². The van der Waals surface area contributed by atoms with Crippen molar-refractivity contribution in [3.8, 4) is 0 Å². The van der Waals surface area contributed by atoms with Crippen LogP contribution in [-0.4, -0.2) is 31.7 Å². The Balaban J connectivity index is 1.41. The van der Waals surface area contributed by atoms with Crippen molar-refractivity contribution in [2.24, 2.45) is 4.99 Å². The Bertz CT molecular complexity index is 1020. The van der Waals surface area contributed by atoms with Crippen molar-refractivity contribution in [2.45, 2.75) is 25.9 Å². The molecule has 0 saturated carbocycles. The van der Waals surface area contributed by atoms with E-state index >= 15 is 0 Å². The average molecular weight is 433 g/mol. The molecule has 1 unspecified atom stereocenters. The van der Waals surface area contributed by atoms with Gasteiger partial charge in [-0.2, -0.15) is 0 Å². The van der Waals surface area contributed by atoms with Crippen molar-refractivity contribution in [3.63, 3.8) is 0 Å². The molecule has 7 heteroatoms. The Hall–Kier alpha value is -3.74. The number of nitrogens with one attached hydrogen (secondary N) is 2. The van der Waals surface area contributed by atoms with Crippen LogP contribution in [0.25, 0.3) is 0 Å². The lowest BCUT2D eigenvalue weighted by molar-refractivity contribution is 0.181. The van der Waals surface area contributed by atoms with E-state index < -0.39 is 0 Å². The summed E-state index contributed by atoms with van der Waals surface area (Å²) in [5.41, 5.74) is 3.09. The average Bonchev–Trinajstić information content (AvgIpc) is 3.50. The minimum absolute atomic E-state index is 0.106. The van der Waals surface area contributed by atoms with E-state index in [0.717, 1.165) is 29.4 Å². The highest BCUT2D eigenvalue weighted by molar-refractivity contribution is 5.89. The molecule has 1 amide bonds. The van der Waals surface area contributed by atoms with Gasteiger partial charge in [0.15, 0.2) is 5.96 Å². The Morgan fingerprint density at radius 1 is 1.09 bits per heavy atom. The zero-order chi connectivity index (χ0) is 22.2. The maximum absolute atomic E-state index is 11.7.